The molecule has 4 heteroatoms. The van der Waals surface area contributed by atoms with Crippen LogP contribution in [0.1, 0.15) is 68.6 Å². The van der Waals surface area contributed by atoms with Crippen molar-refractivity contribution in [2.75, 3.05) is 11.9 Å². The Bertz CT molecular complexity index is 766. The number of aryl methyl sites for hydroxylation is 2. The fourth-order valence-electron chi connectivity index (χ4n) is 3.45. The number of rotatable bonds is 14. The minimum absolute atomic E-state index is 0.0228. The van der Waals surface area contributed by atoms with Crippen LogP contribution in [0.15, 0.2) is 48.5 Å². The number of hydrogen-bond donors (Lipinski definition) is 2. The quantitative estimate of drug-likeness (QED) is 0.418. The minimum Gasteiger partial charge on any atom is -0.389 e. The number of aliphatic hydroxyl groups excluding tert-OH is 1. The summed E-state index contributed by atoms with van der Waals surface area (Å²) in [6, 6.07) is 15.8. The van der Waals surface area contributed by atoms with E-state index in [9.17, 15) is 9.59 Å². The van der Waals surface area contributed by atoms with E-state index in [0.717, 1.165) is 17.7 Å². The predicted molar refractivity (Wildman–Crippen MR) is 123 cm³/mol. The lowest BCUT2D eigenvalue weighted by Gasteiger charge is -2.07. The maximum Gasteiger partial charge on any atom is 0.224 e. The molecule has 0 aliphatic heterocycles. The van der Waals surface area contributed by atoms with Gasteiger partial charge in [-0.3, -0.25) is 9.59 Å². The summed E-state index contributed by atoms with van der Waals surface area (Å²) < 4.78 is 0. The van der Waals surface area contributed by atoms with E-state index < -0.39 is 6.61 Å². The van der Waals surface area contributed by atoms with E-state index in [2.05, 4.69) is 36.5 Å². The molecule has 4 nitrogen and oxygen atoms in total. The molecule has 2 N–H and O–H groups in total. The molecule has 2 rings (SSSR count). The van der Waals surface area contributed by atoms with Gasteiger partial charge in [0.05, 0.1) is 0 Å². The van der Waals surface area contributed by atoms with Crippen molar-refractivity contribution in [3.05, 3.63) is 65.2 Å². The number of nitrogens with one attached hydrogen (secondary N) is 1. The van der Waals surface area contributed by atoms with Crippen molar-refractivity contribution in [2.45, 2.75) is 71.1 Å². The van der Waals surface area contributed by atoms with Crippen LogP contribution in [0, 0.1) is 0 Å². The highest BCUT2D eigenvalue weighted by atomic mass is 16.3. The highest BCUT2D eigenvalue weighted by molar-refractivity contribution is 5.91. The number of ketones is 1. The van der Waals surface area contributed by atoms with Gasteiger partial charge in [0.15, 0.2) is 5.78 Å². The van der Waals surface area contributed by atoms with Gasteiger partial charge in [-0.25, -0.2) is 0 Å². The van der Waals surface area contributed by atoms with Crippen molar-refractivity contribution in [3.63, 3.8) is 0 Å². The summed E-state index contributed by atoms with van der Waals surface area (Å²) >= 11 is 0. The van der Waals surface area contributed by atoms with Crippen LogP contribution in [0.25, 0.3) is 0 Å². The first-order chi connectivity index (χ1) is 14.6. The van der Waals surface area contributed by atoms with Crippen molar-refractivity contribution >= 4 is 17.4 Å². The van der Waals surface area contributed by atoms with E-state index in [1.165, 1.54) is 49.7 Å². The molecule has 1 amide bonds. The summed E-state index contributed by atoms with van der Waals surface area (Å²) in [6.45, 7) is 1.80. The van der Waals surface area contributed by atoms with Gasteiger partial charge >= 0.3 is 0 Å². The van der Waals surface area contributed by atoms with Crippen LogP contribution >= 0.6 is 0 Å². The van der Waals surface area contributed by atoms with Gasteiger partial charge < -0.3 is 10.4 Å². The first-order valence-electron chi connectivity index (χ1n) is 11.2. The number of aliphatic hydroxyl groups is 1. The topological polar surface area (TPSA) is 66.4 Å². The zero-order valence-electron chi connectivity index (χ0n) is 18.2. The fourth-order valence-corrected chi connectivity index (χ4v) is 3.45. The SMILES string of the molecule is CCCCCCCCc1ccc(CCC(=O)Nc2ccc(CC(=O)CO)cc2)cc1. The lowest BCUT2D eigenvalue weighted by molar-refractivity contribution is -0.121. The second-order valence-electron chi connectivity index (χ2n) is 7.95. The Morgan fingerprint density at radius 1 is 0.767 bits per heavy atom. The van der Waals surface area contributed by atoms with Gasteiger partial charge in [-0.15, -0.1) is 0 Å². The van der Waals surface area contributed by atoms with Crippen molar-refractivity contribution < 1.29 is 14.7 Å². The van der Waals surface area contributed by atoms with Gasteiger partial charge in [0, 0.05) is 18.5 Å². The third kappa shape index (κ3) is 9.36. The van der Waals surface area contributed by atoms with E-state index in [4.69, 9.17) is 5.11 Å². The summed E-state index contributed by atoms with van der Waals surface area (Å²) in [5.74, 6) is -0.241. The molecule has 0 aliphatic carbocycles. The number of carbonyl (C=O) groups excluding carboxylic acids is 2. The number of hydrogen-bond acceptors (Lipinski definition) is 3. The summed E-state index contributed by atoms with van der Waals surface area (Å²) in [4.78, 5) is 23.5. The van der Waals surface area contributed by atoms with Crippen LogP contribution in [0.4, 0.5) is 5.69 Å². The molecule has 162 valence electrons. The summed E-state index contributed by atoms with van der Waals surface area (Å²) in [5.41, 5.74) is 4.09. The van der Waals surface area contributed by atoms with Crippen LogP contribution in [-0.4, -0.2) is 23.4 Å². The van der Waals surface area contributed by atoms with E-state index in [-0.39, 0.29) is 18.1 Å². The molecule has 30 heavy (non-hydrogen) atoms. The van der Waals surface area contributed by atoms with Gasteiger partial charge in [0.25, 0.3) is 0 Å². The number of amides is 1. The third-order valence-corrected chi connectivity index (χ3v) is 5.30. The van der Waals surface area contributed by atoms with Gasteiger partial charge in [-0.05, 0) is 48.1 Å². The first-order valence-corrected chi connectivity index (χ1v) is 11.2. The van der Waals surface area contributed by atoms with Gasteiger partial charge in [0.2, 0.25) is 5.91 Å². The Labute approximate surface area is 180 Å². The Hall–Kier alpha value is -2.46. The molecule has 2 aromatic carbocycles. The summed E-state index contributed by atoms with van der Waals surface area (Å²) in [6.07, 6.45) is 10.4. The van der Waals surface area contributed by atoms with Crippen molar-refractivity contribution in [3.8, 4) is 0 Å². The van der Waals surface area contributed by atoms with Gasteiger partial charge in [-0.2, -0.15) is 0 Å². The van der Waals surface area contributed by atoms with Crippen molar-refractivity contribution in [1.82, 2.24) is 0 Å². The zero-order valence-corrected chi connectivity index (χ0v) is 18.2. The number of anilines is 1. The molecular formula is C26H35NO3. The van der Waals surface area contributed by atoms with Crippen LogP contribution in [0.3, 0.4) is 0 Å². The number of benzene rings is 2. The highest BCUT2D eigenvalue weighted by Crippen LogP contribution is 2.14. The molecule has 0 saturated heterocycles. The largest absolute Gasteiger partial charge is 0.389 e. The molecule has 0 unspecified atom stereocenters. The summed E-state index contributed by atoms with van der Waals surface area (Å²) in [5, 5.41) is 11.7. The number of carbonyl (C=O) groups is 2. The average molecular weight is 410 g/mol. The van der Waals surface area contributed by atoms with E-state index in [1.807, 2.05) is 0 Å². The molecule has 2 aromatic rings. The molecule has 0 radical (unpaired) electrons. The average Bonchev–Trinajstić information content (AvgIpc) is 2.77. The van der Waals surface area contributed by atoms with Crippen LogP contribution < -0.4 is 5.32 Å². The molecule has 0 aliphatic rings. The third-order valence-electron chi connectivity index (χ3n) is 5.30. The maximum absolute atomic E-state index is 12.2. The van der Waals surface area contributed by atoms with Crippen LogP contribution in [-0.2, 0) is 28.9 Å². The fraction of sp³-hybridized carbons (Fsp3) is 0.462. The van der Waals surface area contributed by atoms with Crippen molar-refractivity contribution in [2.24, 2.45) is 0 Å². The normalized spacial score (nSPS) is 10.7. The smallest absolute Gasteiger partial charge is 0.224 e. The molecule has 0 aromatic heterocycles. The minimum atomic E-state index is -0.446. The van der Waals surface area contributed by atoms with E-state index in [1.54, 1.807) is 24.3 Å². The van der Waals surface area contributed by atoms with E-state index >= 15 is 0 Å². The summed E-state index contributed by atoms with van der Waals surface area (Å²) in [7, 11) is 0. The number of Topliss-reactive ketones (excluding diaryl/α,β-unsaturated/α-hetero) is 1. The molecule has 0 spiro atoms. The lowest BCUT2D eigenvalue weighted by atomic mass is 10.0. The Morgan fingerprint density at radius 3 is 1.97 bits per heavy atom. The molecular weight excluding hydrogens is 374 g/mol. The molecule has 0 heterocycles. The van der Waals surface area contributed by atoms with Crippen molar-refractivity contribution in [1.29, 1.82) is 0 Å². The van der Waals surface area contributed by atoms with Crippen LogP contribution in [0.2, 0.25) is 0 Å². The van der Waals surface area contributed by atoms with Gasteiger partial charge in [-0.1, -0.05) is 75.4 Å². The Morgan fingerprint density at radius 2 is 1.33 bits per heavy atom. The lowest BCUT2D eigenvalue weighted by Crippen LogP contribution is -2.12. The Kier molecular flexibility index (Phi) is 10.9. The molecule has 0 fully saturated rings. The predicted octanol–water partition coefficient (Wildman–Crippen LogP) is 5.26. The second kappa shape index (κ2) is 13.7. The highest BCUT2D eigenvalue weighted by Gasteiger charge is 2.05. The number of unbranched alkanes of at least 4 members (excludes halogenated alkanes) is 5. The monoisotopic (exact) mass is 409 g/mol. The second-order valence-corrected chi connectivity index (χ2v) is 7.95. The molecule has 0 saturated carbocycles. The Balaban J connectivity index is 1.68. The van der Waals surface area contributed by atoms with Gasteiger partial charge in [0.1, 0.15) is 6.61 Å². The maximum atomic E-state index is 12.2. The van der Waals surface area contributed by atoms with E-state index in [0.29, 0.717) is 12.8 Å². The molecule has 0 atom stereocenters. The van der Waals surface area contributed by atoms with Crippen LogP contribution in [0.5, 0.6) is 0 Å². The first kappa shape index (κ1) is 23.8. The standard InChI is InChI=1S/C26H35NO3/c1-2-3-4-5-6-7-8-21-9-11-22(12-10-21)15-18-26(30)27-24-16-13-23(14-17-24)19-25(29)20-28/h9-14,16-17,28H,2-8,15,18-20H2,1H3,(H,27,30). The molecule has 0 bridgehead atoms. The zero-order chi connectivity index (χ0) is 21.6.